The minimum absolute atomic E-state index is 0.0775. The number of carbonyl (C=O) groups excluding carboxylic acids is 1. The molecule has 0 aliphatic heterocycles. The Bertz CT molecular complexity index is 777. The lowest BCUT2D eigenvalue weighted by atomic mass is 9.98. The number of hydrogen-bond acceptors (Lipinski definition) is 4. The van der Waals surface area contributed by atoms with Gasteiger partial charge in [0.1, 0.15) is 6.61 Å². The molecule has 30 heavy (non-hydrogen) atoms. The molecule has 1 atom stereocenters. The van der Waals surface area contributed by atoms with Crippen LogP contribution in [0, 0.1) is 5.92 Å². The Morgan fingerprint density at radius 1 is 0.967 bits per heavy atom. The summed E-state index contributed by atoms with van der Waals surface area (Å²) >= 11 is 0. The summed E-state index contributed by atoms with van der Waals surface area (Å²) in [5, 5.41) is 0. The highest BCUT2D eigenvalue weighted by molar-refractivity contribution is 5.79. The predicted molar refractivity (Wildman–Crippen MR) is 119 cm³/mol. The van der Waals surface area contributed by atoms with Crippen LogP contribution < -0.4 is 0 Å². The maximum atomic E-state index is 12.4. The molecule has 1 aliphatic rings. The minimum Gasteiger partial charge on any atom is -0.448 e. The summed E-state index contributed by atoms with van der Waals surface area (Å²) in [6.07, 6.45) is 0.791. The molecule has 3 rings (SSSR count). The van der Waals surface area contributed by atoms with Gasteiger partial charge in [-0.25, -0.2) is 4.79 Å². The molecule has 1 aliphatic carbocycles. The van der Waals surface area contributed by atoms with E-state index in [0.717, 1.165) is 13.0 Å². The number of nitrogens with zero attached hydrogens (tertiary/aromatic N) is 1. The topological polar surface area (TPSA) is 48.0 Å². The fourth-order valence-electron chi connectivity index (χ4n) is 3.62. The molecule has 2 aromatic carbocycles. The molecular formula is C25H33NO4. The highest BCUT2D eigenvalue weighted by Gasteiger charge is 2.29. The molecule has 0 N–H and O–H groups in total. The second-order valence-corrected chi connectivity index (χ2v) is 7.93. The summed E-state index contributed by atoms with van der Waals surface area (Å²) in [5.41, 5.74) is 4.89. The number of fused-ring (bicyclic) bond motifs is 3. The maximum absolute atomic E-state index is 12.4. The first-order valence-corrected chi connectivity index (χ1v) is 10.8. The molecule has 0 fully saturated rings. The normalized spacial score (nSPS) is 13.6. The Hall–Kier alpha value is -2.37. The number of rotatable bonds is 11. The van der Waals surface area contributed by atoms with E-state index in [1.165, 1.54) is 22.3 Å². The van der Waals surface area contributed by atoms with Gasteiger partial charge in [-0.05, 0) is 28.2 Å². The summed E-state index contributed by atoms with van der Waals surface area (Å²) in [4.78, 5) is 14.0. The molecule has 0 aromatic heterocycles. The number of carbonyl (C=O) groups is 1. The first kappa shape index (κ1) is 22.3. The second kappa shape index (κ2) is 11.1. The Morgan fingerprint density at radius 2 is 1.57 bits per heavy atom. The van der Waals surface area contributed by atoms with E-state index in [1.807, 2.05) is 24.3 Å². The molecule has 5 heteroatoms. The maximum Gasteiger partial charge on any atom is 0.409 e. The van der Waals surface area contributed by atoms with Gasteiger partial charge in [-0.15, -0.1) is 0 Å². The molecule has 0 bridgehead atoms. The largest absolute Gasteiger partial charge is 0.448 e. The van der Waals surface area contributed by atoms with Crippen LogP contribution in [0.4, 0.5) is 4.79 Å². The summed E-state index contributed by atoms with van der Waals surface area (Å²) in [5.74, 6) is 0.651. The Labute approximate surface area is 179 Å². The molecule has 0 saturated carbocycles. The lowest BCUT2D eigenvalue weighted by Gasteiger charge is -2.19. The lowest BCUT2D eigenvalue weighted by Crippen LogP contribution is -2.32. The van der Waals surface area contributed by atoms with Crippen LogP contribution in [-0.2, 0) is 14.2 Å². The van der Waals surface area contributed by atoms with Crippen LogP contribution in [0.5, 0.6) is 0 Å². The van der Waals surface area contributed by atoms with Gasteiger partial charge >= 0.3 is 6.09 Å². The second-order valence-electron chi connectivity index (χ2n) is 7.93. The van der Waals surface area contributed by atoms with Crippen LogP contribution in [0.15, 0.2) is 48.5 Å². The van der Waals surface area contributed by atoms with E-state index in [9.17, 15) is 4.79 Å². The average molecular weight is 412 g/mol. The molecule has 0 radical (unpaired) electrons. The predicted octanol–water partition coefficient (Wildman–Crippen LogP) is 4.95. The molecule has 1 amide bonds. The van der Waals surface area contributed by atoms with Gasteiger partial charge in [0.25, 0.3) is 0 Å². The Kier molecular flexibility index (Phi) is 8.29. The van der Waals surface area contributed by atoms with Gasteiger partial charge in [0, 0.05) is 26.1 Å². The summed E-state index contributed by atoms with van der Waals surface area (Å²) in [6.45, 7) is 7.50. The van der Waals surface area contributed by atoms with Crippen LogP contribution in [0.1, 0.15) is 37.3 Å². The molecule has 0 spiro atoms. The number of ether oxygens (including phenoxy) is 3. The van der Waals surface area contributed by atoms with E-state index in [-0.39, 0.29) is 12.0 Å². The van der Waals surface area contributed by atoms with Crippen molar-refractivity contribution in [3.63, 3.8) is 0 Å². The van der Waals surface area contributed by atoms with Gasteiger partial charge in [-0.1, -0.05) is 68.8 Å². The molecule has 162 valence electrons. The quantitative estimate of drug-likeness (QED) is 0.491. The highest BCUT2D eigenvalue weighted by Crippen LogP contribution is 2.44. The van der Waals surface area contributed by atoms with E-state index < -0.39 is 0 Å². The Morgan fingerprint density at radius 3 is 2.20 bits per heavy atom. The smallest absolute Gasteiger partial charge is 0.409 e. The van der Waals surface area contributed by atoms with Gasteiger partial charge in [-0.3, -0.25) is 0 Å². The van der Waals surface area contributed by atoms with Gasteiger partial charge in [0.05, 0.1) is 19.8 Å². The van der Waals surface area contributed by atoms with E-state index >= 15 is 0 Å². The van der Waals surface area contributed by atoms with Crippen LogP contribution in [0.2, 0.25) is 0 Å². The fraction of sp³-hybridized carbons (Fsp3) is 0.480. The zero-order valence-corrected chi connectivity index (χ0v) is 18.3. The van der Waals surface area contributed by atoms with Crippen molar-refractivity contribution in [1.29, 1.82) is 0 Å². The van der Waals surface area contributed by atoms with E-state index in [4.69, 9.17) is 14.2 Å². The van der Waals surface area contributed by atoms with Crippen molar-refractivity contribution in [3.8, 4) is 11.1 Å². The third-order valence-electron chi connectivity index (χ3n) is 5.69. The Balaban J connectivity index is 1.40. The summed E-state index contributed by atoms with van der Waals surface area (Å²) in [6, 6.07) is 16.7. The monoisotopic (exact) mass is 411 g/mol. The average Bonchev–Trinajstić information content (AvgIpc) is 3.10. The minimum atomic E-state index is -0.325. The highest BCUT2D eigenvalue weighted by atomic mass is 16.6. The van der Waals surface area contributed by atoms with Crippen molar-refractivity contribution in [1.82, 2.24) is 4.90 Å². The van der Waals surface area contributed by atoms with Crippen LogP contribution in [0.25, 0.3) is 11.1 Å². The van der Waals surface area contributed by atoms with Crippen molar-refractivity contribution in [2.75, 3.05) is 46.6 Å². The molecule has 1 unspecified atom stereocenters. The summed E-state index contributed by atoms with van der Waals surface area (Å²) in [7, 11) is 1.74. The van der Waals surface area contributed by atoms with E-state index in [0.29, 0.717) is 38.9 Å². The van der Waals surface area contributed by atoms with Crippen molar-refractivity contribution >= 4 is 6.09 Å². The first-order chi connectivity index (χ1) is 14.6. The fourth-order valence-corrected chi connectivity index (χ4v) is 3.62. The third-order valence-corrected chi connectivity index (χ3v) is 5.69. The molecule has 0 heterocycles. The zero-order valence-electron chi connectivity index (χ0n) is 18.3. The molecule has 0 saturated heterocycles. The van der Waals surface area contributed by atoms with Gasteiger partial charge < -0.3 is 19.1 Å². The van der Waals surface area contributed by atoms with Crippen LogP contribution in [-0.4, -0.2) is 57.6 Å². The van der Waals surface area contributed by atoms with Gasteiger partial charge in [-0.2, -0.15) is 0 Å². The van der Waals surface area contributed by atoms with Crippen LogP contribution >= 0.6 is 0 Å². The van der Waals surface area contributed by atoms with Crippen molar-refractivity contribution in [2.45, 2.75) is 26.2 Å². The van der Waals surface area contributed by atoms with E-state index in [1.54, 1.807) is 11.9 Å². The van der Waals surface area contributed by atoms with Gasteiger partial charge in [0.2, 0.25) is 0 Å². The standard InChI is InChI=1S/C25H33NO4/c1-4-19(2)17-29-16-15-28-14-13-26(3)25(27)30-18-24-22-11-7-5-9-20(22)21-10-6-8-12-23(21)24/h5-12,19,24H,4,13-18H2,1-3H3. The number of likely N-dealkylation sites (N-methyl/N-ethyl adjacent to an activating group) is 1. The molecule has 2 aromatic rings. The zero-order chi connectivity index (χ0) is 21.3. The van der Waals surface area contributed by atoms with Crippen molar-refractivity contribution < 1.29 is 19.0 Å². The number of amides is 1. The SMILES string of the molecule is CCC(C)COCCOCCN(C)C(=O)OCC1c2ccccc2-c2ccccc21. The number of benzene rings is 2. The van der Waals surface area contributed by atoms with Crippen LogP contribution in [0.3, 0.4) is 0 Å². The number of hydrogen-bond donors (Lipinski definition) is 0. The lowest BCUT2D eigenvalue weighted by molar-refractivity contribution is 0.0282. The third kappa shape index (κ3) is 5.61. The van der Waals surface area contributed by atoms with Crippen molar-refractivity contribution in [3.05, 3.63) is 59.7 Å². The molecular weight excluding hydrogens is 378 g/mol. The summed E-state index contributed by atoms with van der Waals surface area (Å²) < 4.78 is 16.8. The molecule has 5 nitrogen and oxygen atoms in total. The van der Waals surface area contributed by atoms with E-state index in [2.05, 4.69) is 38.1 Å². The van der Waals surface area contributed by atoms with Crippen molar-refractivity contribution in [2.24, 2.45) is 5.92 Å². The first-order valence-electron chi connectivity index (χ1n) is 10.8. The van der Waals surface area contributed by atoms with Gasteiger partial charge in [0.15, 0.2) is 0 Å².